The van der Waals surface area contributed by atoms with Crippen molar-refractivity contribution in [2.45, 2.75) is 40.5 Å². The normalized spacial score (nSPS) is 11.4. The highest BCUT2D eigenvalue weighted by Crippen LogP contribution is 2.16. The van der Waals surface area contributed by atoms with Gasteiger partial charge in [0.15, 0.2) is 0 Å². The largest absolute Gasteiger partial charge is 0.264 e. The highest BCUT2D eigenvalue weighted by Gasteiger charge is 2.01. The number of pyridine rings is 1. The van der Waals surface area contributed by atoms with Crippen LogP contribution in [0.1, 0.15) is 45.2 Å². The number of nitrogens with zero attached hydrogens (tertiary/aromatic N) is 1. The minimum Gasteiger partial charge on any atom is -0.264 e. The zero-order chi connectivity index (χ0) is 10.8. The van der Waals surface area contributed by atoms with Crippen molar-refractivity contribution in [1.82, 2.24) is 4.98 Å². The first-order valence-corrected chi connectivity index (χ1v) is 5.56. The molecule has 0 spiro atoms. The van der Waals surface area contributed by atoms with Crippen LogP contribution in [0, 0.1) is 0 Å². The van der Waals surface area contributed by atoms with E-state index in [2.05, 4.69) is 23.2 Å². The Bertz CT molecular complexity index is 264. The van der Waals surface area contributed by atoms with Crippen molar-refractivity contribution in [1.29, 1.82) is 0 Å². The lowest BCUT2D eigenvalue weighted by molar-refractivity contribution is 0.971. The summed E-state index contributed by atoms with van der Waals surface area (Å²) in [5.74, 6) is 0. The number of aromatic nitrogens is 1. The van der Waals surface area contributed by atoms with E-state index in [0.29, 0.717) is 0 Å². The third kappa shape index (κ3) is 3.73. The summed E-state index contributed by atoms with van der Waals surface area (Å²) < 4.78 is 0. The molecule has 0 aliphatic heterocycles. The van der Waals surface area contributed by atoms with E-state index < -0.39 is 0 Å². The Labute approximate surface area is 87.9 Å². The molecule has 0 bridgehead atoms. The highest BCUT2D eigenvalue weighted by atomic mass is 14.6. The van der Waals surface area contributed by atoms with E-state index in [-0.39, 0.29) is 0 Å². The Hall–Kier alpha value is -1.11. The van der Waals surface area contributed by atoms with Crippen LogP contribution in [0.5, 0.6) is 0 Å². The first-order valence-electron chi connectivity index (χ1n) is 5.56. The van der Waals surface area contributed by atoms with E-state index in [1.165, 1.54) is 17.5 Å². The van der Waals surface area contributed by atoms with Crippen molar-refractivity contribution in [2.24, 2.45) is 0 Å². The molecule has 2 rings (SSSR count). The number of allylic oxidation sites excluding steroid dienone is 1. The summed E-state index contributed by atoms with van der Waals surface area (Å²) in [4.78, 5) is 4.06. The third-order valence-corrected chi connectivity index (χ3v) is 1.82. The molecule has 0 radical (unpaired) electrons. The summed E-state index contributed by atoms with van der Waals surface area (Å²) >= 11 is 0. The zero-order valence-corrected chi connectivity index (χ0v) is 9.75. The van der Waals surface area contributed by atoms with Crippen LogP contribution >= 0.6 is 0 Å². The SMILES string of the molecule is C1=Cc2ccncc2CC1.CC.CC. The second-order valence-corrected chi connectivity index (χ2v) is 2.52. The molecule has 1 aliphatic rings. The van der Waals surface area contributed by atoms with Crippen molar-refractivity contribution in [2.75, 3.05) is 0 Å². The molecule has 0 N–H and O–H groups in total. The van der Waals surface area contributed by atoms with Crippen molar-refractivity contribution in [3.8, 4) is 0 Å². The van der Waals surface area contributed by atoms with Gasteiger partial charge in [0.2, 0.25) is 0 Å². The molecule has 0 amide bonds. The summed E-state index contributed by atoms with van der Waals surface area (Å²) in [5.41, 5.74) is 2.71. The quantitative estimate of drug-likeness (QED) is 0.602. The Morgan fingerprint density at radius 3 is 2.50 bits per heavy atom. The predicted octanol–water partition coefficient (Wildman–Crippen LogP) is 4.09. The minimum atomic E-state index is 1.15. The molecule has 78 valence electrons. The van der Waals surface area contributed by atoms with Crippen LogP contribution in [-0.4, -0.2) is 4.98 Å². The molecule has 1 heteroatoms. The van der Waals surface area contributed by atoms with Gasteiger partial charge in [-0.25, -0.2) is 0 Å². The number of fused-ring (bicyclic) bond motifs is 1. The summed E-state index contributed by atoms with van der Waals surface area (Å²) in [6, 6.07) is 2.06. The molecule has 0 unspecified atom stereocenters. The van der Waals surface area contributed by atoms with Crippen molar-refractivity contribution in [3.63, 3.8) is 0 Å². The van der Waals surface area contributed by atoms with Gasteiger partial charge in [0.05, 0.1) is 0 Å². The minimum absolute atomic E-state index is 1.15. The first-order chi connectivity index (χ1) is 6.97. The van der Waals surface area contributed by atoms with Crippen LogP contribution in [0.15, 0.2) is 24.5 Å². The Kier molecular flexibility index (Phi) is 7.81. The zero-order valence-electron chi connectivity index (χ0n) is 9.75. The van der Waals surface area contributed by atoms with Gasteiger partial charge in [0.25, 0.3) is 0 Å². The Morgan fingerprint density at radius 1 is 1.14 bits per heavy atom. The second kappa shape index (κ2) is 8.49. The molecular formula is C13H21N. The monoisotopic (exact) mass is 191 g/mol. The van der Waals surface area contributed by atoms with Gasteiger partial charge in [0, 0.05) is 12.4 Å². The molecule has 0 saturated heterocycles. The van der Waals surface area contributed by atoms with E-state index in [1.807, 2.05) is 40.1 Å². The highest BCUT2D eigenvalue weighted by molar-refractivity contribution is 5.54. The van der Waals surface area contributed by atoms with E-state index in [0.717, 1.165) is 6.42 Å². The summed E-state index contributed by atoms with van der Waals surface area (Å²) in [6.07, 6.45) is 10.5. The summed E-state index contributed by atoms with van der Waals surface area (Å²) in [6.45, 7) is 8.00. The second-order valence-electron chi connectivity index (χ2n) is 2.52. The molecule has 0 aromatic carbocycles. The molecule has 14 heavy (non-hydrogen) atoms. The van der Waals surface area contributed by atoms with Gasteiger partial charge in [-0.2, -0.15) is 0 Å². The van der Waals surface area contributed by atoms with Crippen molar-refractivity contribution < 1.29 is 0 Å². The fourth-order valence-electron chi connectivity index (χ4n) is 1.26. The number of hydrogen-bond acceptors (Lipinski definition) is 1. The Balaban J connectivity index is 0.000000379. The van der Waals surface area contributed by atoms with Crippen LogP contribution in [0.25, 0.3) is 6.08 Å². The molecule has 1 heterocycles. The smallest absolute Gasteiger partial charge is 0.0305 e. The maximum Gasteiger partial charge on any atom is 0.0305 e. The average molecular weight is 191 g/mol. The van der Waals surface area contributed by atoms with Crippen LogP contribution in [0.3, 0.4) is 0 Å². The third-order valence-electron chi connectivity index (χ3n) is 1.82. The maximum atomic E-state index is 4.06. The number of aryl methyl sites for hydroxylation is 1. The molecule has 1 aliphatic carbocycles. The van der Waals surface area contributed by atoms with Gasteiger partial charge in [-0.3, -0.25) is 4.98 Å². The fourth-order valence-corrected chi connectivity index (χ4v) is 1.26. The number of rotatable bonds is 0. The van der Waals surface area contributed by atoms with Gasteiger partial charge < -0.3 is 0 Å². The molecule has 0 saturated carbocycles. The van der Waals surface area contributed by atoms with E-state index in [1.54, 1.807) is 0 Å². The lowest BCUT2D eigenvalue weighted by atomic mass is 10.0. The lowest BCUT2D eigenvalue weighted by Crippen LogP contribution is -1.93. The molecule has 1 aromatic rings. The van der Waals surface area contributed by atoms with Crippen LogP contribution in [0.4, 0.5) is 0 Å². The van der Waals surface area contributed by atoms with Crippen molar-refractivity contribution in [3.05, 3.63) is 35.7 Å². The molecule has 0 atom stereocenters. The van der Waals surface area contributed by atoms with E-state index in [9.17, 15) is 0 Å². The lowest BCUT2D eigenvalue weighted by Gasteiger charge is -2.07. The standard InChI is InChI=1S/C9H9N.2C2H6/c1-2-4-9-7-10-6-5-8(9)3-1;2*1-2/h1,3,5-7H,2,4H2;2*1-2H3. The summed E-state index contributed by atoms with van der Waals surface area (Å²) in [7, 11) is 0. The van der Waals surface area contributed by atoms with E-state index >= 15 is 0 Å². The molecule has 1 nitrogen and oxygen atoms in total. The topological polar surface area (TPSA) is 12.9 Å². The number of hydrogen-bond donors (Lipinski definition) is 0. The van der Waals surface area contributed by atoms with Crippen LogP contribution in [0.2, 0.25) is 0 Å². The van der Waals surface area contributed by atoms with Crippen molar-refractivity contribution >= 4 is 6.08 Å². The maximum absolute atomic E-state index is 4.06. The van der Waals surface area contributed by atoms with Gasteiger partial charge >= 0.3 is 0 Å². The summed E-state index contributed by atoms with van der Waals surface area (Å²) in [5, 5.41) is 0. The van der Waals surface area contributed by atoms with Gasteiger partial charge in [-0.05, 0) is 30.0 Å². The molecular weight excluding hydrogens is 170 g/mol. The fraction of sp³-hybridized carbons (Fsp3) is 0.462. The average Bonchev–Trinajstić information content (AvgIpc) is 2.34. The first kappa shape index (κ1) is 12.9. The van der Waals surface area contributed by atoms with Crippen LogP contribution in [-0.2, 0) is 6.42 Å². The molecule has 1 aromatic heterocycles. The molecule has 0 fully saturated rings. The van der Waals surface area contributed by atoms with Gasteiger partial charge in [-0.1, -0.05) is 39.8 Å². The predicted molar refractivity (Wildman–Crippen MR) is 64.3 cm³/mol. The van der Waals surface area contributed by atoms with Gasteiger partial charge in [-0.15, -0.1) is 0 Å². The Morgan fingerprint density at radius 2 is 1.86 bits per heavy atom. The van der Waals surface area contributed by atoms with E-state index in [4.69, 9.17) is 0 Å². The van der Waals surface area contributed by atoms with Gasteiger partial charge in [0.1, 0.15) is 0 Å². The van der Waals surface area contributed by atoms with Crippen LogP contribution < -0.4 is 0 Å².